The maximum absolute atomic E-state index is 12.1. The number of hydrogen-bond donors (Lipinski definition) is 2. The third kappa shape index (κ3) is 4.83. The van der Waals surface area contributed by atoms with Crippen LogP contribution in [0.3, 0.4) is 0 Å². The number of carbonyl (C=O) groups excluding carboxylic acids is 1. The molecule has 2 heterocycles. The van der Waals surface area contributed by atoms with Gasteiger partial charge in [0.05, 0.1) is 17.4 Å². The van der Waals surface area contributed by atoms with Crippen molar-refractivity contribution in [1.29, 1.82) is 0 Å². The van der Waals surface area contributed by atoms with Crippen molar-refractivity contribution in [2.45, 2.75) is 19.3 Å². The Labute approximate surface area is 142 Å². The van der Waals surface area contributed by atoms with Crippen molar-refractivity contribution < 1.29 is 4.79 Å². The van der Waals surface area contributed by atoms with Gasteiger partial charge in [0.15, 0.2) is 0 Å². The number of piperidine rings is 1. The van der Waals surface area contributed by atoms with Gasteiger partial charge in [-0.05, 0) is 44.0 Å². The molecule has 0 spiro atoms. The summed E-state index contributed by atoms with van der Waals surface area (Å²) < 4.78 is 0. The lowest BCUT2D eigenvalue weighted by atomic mass is 9.94. The predicted octanol–water partition coefficient (Wildman–Crippen LogP) is 3.41. The molecule has 0 bridgehead atoms. The molecule has 120 valence electrons. The molecular weight excluding hydrogens is 321 g/mol. The summed E-state index contributed by atoms with van der Waals surface area (Å²) in [7, 11) is 0. The van der Waals surface area contributed by atoms with Crippen molar-refractivity contribution in [2.24, 2.45) is 5.92 Å². The van der Waals surface area contributed by atoms with E-state index in [0.717, 1.165) is 42.5 Å². The first-order valence-electron chi connectivity index (χ1n) is 7.16. The maximum atomic E-state index is 12.1. The first kappa shape index (κ1) is 18.7. The highest BCUT2D eigenvalue weighted by Gasteiger charge is 2.16. The number of nitrogens with zero attached hydrogens (tertiary/aromatic N) is 1. The average Bonchev–Trinajstić information content (AvgIpc) is 2.48. The van der Waals surface area contributed by atoms with E-state index in [9.17, 15) is 4.79 Å². The smallest absolute Gasteiger partial charge is 0.224 e. The molecule has 0 radical (unpaired) electrons. The second kappa shape index (κ2) is 8.93. The van der Waals surface area contributed by atoms with Gasteiger partial charge in [0, 0.05) is 11.8 Å². The Bertz CT molecular complexity index is 615. The topological polar surface area (TPSA) is 54.0 Å². The molecular formula is C16H21Cl2N3O. The third-order valence-corrected chi connectivity index (χ3v) is 3.81. The minimum atomic E-state index is 0. The van der Waals surface area contributed by atoms with Crippen LogP contribution in [0.25, 0.3) is 10.9 Å². The third-order valence-electron chi connectivity index (χ3n) is 3.81. The Kier molecular flexibility index (Phi) is 7.59. The summed E-state index contributed by atoms with van der Waals surface area (Å²) in [5.74, 6) is 0.596. The molecule has 0 unspecified atom stereocenters. The molecule has 6 heteroatoms. The molecule has 1 aromatic carbocycles. The molecule has 3 rings (SSSR count). The zero-order valence-electron chi connectivity index (χ0n) is 12.2. The van der Waals surface area contributed by atoms with Crippen LogP contribution < -0.4 is 10.6 Å². The van der Waals surface area contributed by atoms with Crippen LogP contribution in [0.15, 0.2) is 36.5 Å². The summed E-state index contributed by atoms with van der Waals surface area (Å²) in [4.78, 5) is 16.4. The van der Waals surface area contributed by atoms with Crippen LogP contribution in [0.2, 0.25) is 0 Å². The SMILES string of the molecule is Cl.Cl.O=C(CC1CCNCC1)Nc1cnc2ccccc2c1. The van der Waals surface area contributed by atoms with Crippen molar-refractivity contribution in [1.82, 2.24) is 10.3 Å². The van der Waals surface area contributed by atoms with Gasteiger partial charge in [0.25, 0.3) is 0 Å². The van der Waals surface area contributed by atoms with Crippen LogP contribution in [-0.2, 0) is 4.79 Å². The number of benzene rings is 1. The van der Waals surface area contributed by atoms with Gasteiger partial charge in [-0.2, -0.15) is 0 Å². The number of amides is 1. The minimum Gasteiger partial charge on any atom is -0.325 e. The number of nitrogens with one attached hydrogen (secondary N) is 2. The van der Waals surface area contributed by atoms with Crippen LogP contribution in [-0.4, -0.2) is 24.0 Å². The number of fused-ring (bicyclic) bond motifs is 1. The molecule has 1 saturated heterocycles. The largest absolute Gasteiger partial charge is 0.325 e. The van der Waals surface area contributed by atoms with E-state index in [0.29, 0.717) is 12.3 Å². The highest BCUT2D eigenvalue weighted by molar-refractivity contribution is 5.93. The molecule has 1 amide bonds. The maximum Gasteiger partial charge on any atom is 0.224 e. The Morgan fingerprint density at radius 3 is 2.73 bits per heavy atom. The van der Waals surface area contributed by atoms with Gasteiger partial charge in [-0.15, -0.1) is 24.8 Å². The summed E-state index contributed by atoms with van der Waals surface area (Å²) >= 11 is 0. The van der Waals surface area contributed by atoms with E-state index in [1.54, 1.807) is 6.20 Å². The van der Waals surface area contributed by atoms with Gasteiger partial charge in [-0.3, -0.25) is 9.78 Å². The molecule has 1 fully saturated rings. The molecule has 1 aliphatic rings. The number of para-hydroxylation sites is 1. The summed E-state index contributed by atoms with van der Waals surface area (Å²) in [6, 6.07) is 9.89. The molecule has 0 saturated carbocycles. The van der Waals surface area contributed by atoms with E-state index < -0.39 is 0 Å². The van der Waals surface area contributed by atoms with Gasteiger partial charge in [-0.1, -0.05) is 18.2 Å². The number of hydrogen-bond acceptors (Lipinski definition) is 3. The molecule has 2 N–H and O–H groups in total. The number of aromatic nitrogens is 1. The van der Waals surface area contributed by atoms with Crippen LogP contribution in [0, 0.1) is 5.92 Å². The number of anilines is 1. The highest BCUT2D eigenvalue weighted by Crippen LogP contribution is 2.19. The lowest BCUT2D eigenvalue weighted by Crippen LogP contribution is -2.30. The second-order valence-electron chi connectivity index (χ2n) is 5.36. The fraction of sp³-hybridized carbons (Fsp3) is 0.375. The van der Waals surface area contributed by atoms with E-state index in [1.807, 2.05) is 30.3 Å². The predicted molar refractivity (Wildman–Crippen MR) is 95.1 cm³/mol. The number of halogens is 2. The van der Waals surface area contributed by atoms with Crippen molar-refractivity contribution in [3.8, 4) is 0 Å². The van der Waals surface area contributed by atoms with Gasteiger partial charge in [0.2, 0.25) is 5.91 Å². The number of pyridine rings is 1. The standard InChI is InChI=1S/C16H19N3O.2ClH/c20-16(9-12-5-7-17-8-6-12)19-14-10-13-3-1-2-4-15(13)18-11-14;;/h1-4,10-12,17H,5-9H2,(H,19,20);2*1H. The quantitative estimate of drug-likeness (QED) is 0.899. The van der Waals surface area contributed by atoms with Crippen LogP contribution >= 0.6 is 24.8 Å². The molecule has 0 atom stereocenters. The van der Waals surface area contributed by atoms with Crippen LogP contribution in [0.5, 0.6) is 0 Å². The Morgan fingerprint density at radius 2 is 1.95 bits per heavy atom. The number of rotatable bonds is 3. The highest BCUT2D eigenvalue weighted by atomic mass is 35.5. The normalized spacial score (nSPS) is 14.7. The van der Waals surface area contributed by atoms with Crippen molar-refractivity contribution in [2.75, 3.05) is 18.4 Å². The minimum absolute atomic E-state index is 0. The van der Waals surface area contributed by atoms with Crippen LogP contribution in [0.4, 0.5) is 5.69 Å². The first-order valence-corrected chi connectivity index (χ1v) is 7.16. The molecule has 1 aliphatic heterocycles. The lowest BCUT2D eigenvalue weighted by molar-refractivity contribution is -0.117. The summed E-state index contributed by atoms with van der Waals surface area (Å²) in [5.41, 5.74) is 1.73. The Morgan fingerprint density at radius 1 is 1.23 bits per heavy atom. The molecule has 1 aromatic heterocycles. The van der Waals surface area contributed by atoms with Gasteiger partial charge in [-0.25, -0.2) is 0 Å². The lowest BCUT2D eigenvalue weighted by Gasteiger charge is -2.21. The van der Waals surface area contributed by atoms with Crippen LogP contribution in [0.1, 0.15) is 19.3 Å². The van der Waals surface area contributed by atoms with Gasteiger partial charge >= 0.3 is 0 Å². The monoisotopic (exact) mass is 341 g/mol. The Balaban J connectivity index is 0.00000121. The molecule has 22 heavy (non-hydrogen) atoms. The summed E-state index contributed by atoms with van der Waals surface area (Å²) in [5, 5.41) is 7.32. The van der Waals surface area contributed by atoms with E-state index in [-0.39, 0.29) is 30.7 Å². The summed E-state index contributed by atoms with van der Waals surface area (Å²) in [6.45, 7) is 2.05. The average molecular weight is 342 g/mol. The van der Waals surface area contributed by atoms with Crippen molar-refractivity contribution in [3.05, 3.63) is 36.5 Å². The van der Waals surface area contributed by atoms with Crippen molar-refractivity contribution in [3.63, 3.8) is 0 Å². The molecule has 2 aromatic rings. The fourth-order valence-electron chi connectivity index (χ4n) is 2.70. The molecule has 4 nitrogen and oxygen atoms in total. The Hall–Kier alpha value is -1.36. The fourth-order valence-corrected chi connectivity index (χ4v) is 2.70. The zero-order chi connectivity index (χ0) is 13.8. The van der Waals surface area contributed by atoms with Crippen molar-refractivity contribution >= 4 is 47.3 Å². The summed E-state index contributed by atoms with van der Waals surface area (Å²) in [6.07, 6.45) is 4.50. The van der Waals surface area contributed by atoms with Gasteiger partial charge in [0.1, 0.15) is 0 Å². The number of carbonyl (C=O) groups is 1. The van der Waals surface area contributed by atoms with E-state index in [4.69, 9.17) is 0 Å². The van der Waals surface area contributed by atoms with E-state index in [2.05, 4.69) is 15.6 Å². The van der Waals surface area contributed by atoms with E-state index >= 15 is 0 Å². The second-order valence-corrected chi connectivity index (χ2v) is 5.36. The van der Waals surface area contributed by atoms with E-state index in [1.165, 1.54) is 0 Å². The first-order chi connectivity index (χ1) is 9.81. The van der Waals surface area contributed by atoms with Gasteiger partial charge < -0.3 is 10.6 Å². The molecule has 0 aliphatic carbocycles. The zero-order valence-corrected chi connectivity index (χ0v) is 13.9.